The van der Waals surface area contributed by atoms with Gasteiger partial charge < -0.3 is 10.2 Å². The van der Waals surface area contributed by atoms with Crippen molar-refractivity contribution in [2.75, 3.05) is 5.73 Å². The van der Waals surface area contributed by atoms with Crippen LogP contribution in [0.15, 0.2) is 47.3 Å². The molecule has 0 bridgehead atoms. The highest BCUT2D eigenvalue weighted by molar-refractivity contribution is 7.18. The van der Waals surface area contributed by atoms with E-state index in [1.54, 1.807) is 17.5 Å². The summed E-state index contributed by atoms with van der Waals surface area (Å²) in [4.78, 5) is 19.4. The van der Waals surface area contributed by atoms with E-state index in [0.717, 1.165) is 22.3 Å². The second-order valence-corrected chi connectivity index (χ2v) is 6.63. The fourth-order valence-electron chi connectivity index (χ4n) is 2.57. The number of anilines is 1. The molecule has 0 radical (unpaired) electrons. The van der Waals surface area contributed by atoms with Gasteiger partial charge in [0.1, 0.15) is 16.9 Å². The first-order chi connectivity index (χ1) is 11.7. The largest absolute Gasteiger partial charge is 0.442 e. The van der Waals surface area contributed by atoms with E-state index >= 15 is 0 Å². The number of fused-ring (bicyclic) bond motifs is 1. The summed E-state index contributed by atoms with van der Waals surface area (Å²) in [5.74, 6) is 1.56. The number of nitrogens with two attached hydrogens (primary N) is 1. The van der Waals surface area contributed by atoms with Gasteiger partial charge >= 0.3 is 0 Å². The van der Waals surface area contributed by atoms with Crippen LogP contribution in [0.25, 0.3) is 21.9 Å². The van der Waals surface area contributed by atoms with Gasteiger partial charge in [0.25, 0.3) is 5.89 Å². The molecule has 4 aromatic heterocycles. The molecular formula is C17H15N5OS. The topological polar surface area (TPSA) is 90.7 Å². The summed E-state index contributed by atoms with van der Waals surface area (Å²) < 4.78 is 5.26. The number of thiophene rings is 1. The zero-order valence-electron chi connectivity index (χ0n) is 13.0. The van der Waals surface area contributed by atoms with Crippen molar-refractivity contribution in [3.05, 3.63) is 53.5 Å². The van der Waals surface area contributed by atoms with Crippen molar-refractivity contribution < 1.29 is 4.42 Å². The van der Waals surface area contributed by atoms with Gasteiger partial charge in [-0.1, -0.05) is 13.0 Å². The van der Waals surface area contributed by atoms with E-state index in [1.165, 1.54) is 11.1 Å². The van der Waals surface area contributed by atoms with Crippen LogP contribution in [0.1, 0.15) is 23.4 Å². The molecule has 1 unspecified atom stereocenters. The lowest BCUT2D eigenvalue weighted by Crippen LogP contribution is -1.98. The van der Waals surface area contributed by atoms with Gasteiger partial charge in [-0.05, 0) is 30.5 Å². The summed E-state index contributed by atoms with van der Waals surface area (Å²) in [5.41, 5.74) is 7.17. The number of hydrogen-bond acceptors (Lipinski definition) is 7. The minimum absolute atomic E-state index is 0.323. The molecule has 1 atom stereocenters. The Hall–Kier alpha value is -2.80. The molecule has 0 aliphatic heterocycles. The molecule has 0 spiro atoms. The average Bonchev–Trinajstić information content (AvgIpc) is 3.25. The Labute approximate surface area is 142 Å². The summed E-state index contributed by atoms with van der Waals surface area (Å²) in [6.07, 6.45) is 5.74. The van der Waals surface area contributed by atoms with Crippen molar-refractivity contribution in [1.82, 2.24) is 19.9 Å². The van der Waals surface area contributed by atoms with Crippen molar-refractivity contribution in [3.8, 4) is 11.7 Å². The van der Waals surface area contributed by atoms with E-state index in [2.05, 4.69) is 32.9 Å². The molecule has 0 aliphatic rings. The SMILES string of the molecule is CC(Cc1ccccn1)c1cc2c(N)nc(-c3ncco3)nc2s1. The molecule has 0 saturated carbocycles. The van der Waals surface area contributed by atoms with E-state index in [0.29, 0.717) is 23.5 Å². The minimum Gasteiger partial charge on any atom is -0.442 e. The van der Waals surface area contributed by atoms with Gasteiger partial charge in [0, 0.05) is 16.8 Å². The molecule has 0 amide bonds. The highest BCUT2D eigenvalue weighted by atomic mass is 32.1. The quantitative estimate of drug-likeness (QED) is 0.611. The second-order valence-electron chi connectivity index (χ2n) is 5.56. The Morgan fingerprint density at radius 2 is 2.12 bits per heavy atom. The zero-order valence-corrected chi connectivity index (χ0v) is 13.8. The lowest BCUT2D eigenvalue weighted by Gasteiger charge is -2.07. The Balaban J connectivity index is 1.69. The van der Waals surface area contributed by atoms with Crippen LogP contribution in [-0.2, 0) is 6.42 Å². The third-order valence-corrected chi connectivity index (χ3v) is 5.05. The van der Waals surface area contributed by atoms with E-state index in [9.17, 15) is 0 Å². The molecule has 0 aromatic carbocycles. The molecule has 120 valence electrons. The maximum atomic E-state index is 6.10. The Kier molecular flexibility index (Phi) is 3.70. The van der Waals surface area contributed by atoms with Crippen LogP contribution in [0, 0.1) is 0 Å². The van der Waals surface area contributed by atoms with Gasteiger partial charge in [-0.15, -0.1) is 11.3 Å². The fraction of sp³-hybridized carbons (Fsp3) is 0.176. The van der Waals surface area contributed by atoms with Crippen molar-refractivity contribution in [1.29, 1.82) is 0 Å². The smallest absolute Gasteiger partial charge is 0.264 e. The molecule has 6 nitrogen and oxygen atoms in total. The van der Waals surface area contributed by atoms with Crippen LogP contribution >= 0.6 is 11.3 Å². The number of pyridine rings is 1. The summed E-state index contributed by atoms with van der Waals surface area (Å²) in [7, 11) is 0. The average molecular weight is 337 g/mol. The molecule has 4 rings (SSSR count). The van der Waals surface area contributed by atoms with Crippen molar-refractivity contribution in [2.45, 2.75) is 19.3 Å². The standard InChI is InChI=1S/C17H15N5OS/c1-10(8-11-4-2-3-5-19-11)13-9-12-14(18)21-15(22-17(12)24-13)16-20-6-7-23-16/h2-7,9-10H,8H2,1H3,(H2,18,21,22). The van der Waals surface area contributed by atoms with Crippen LogP contribution < -0.4 is 5.73 Å². The number of rotatable bonds is 4. The molecule has 0 fully saturated rings. The molecule has 7 heteroatoms. The van der Waals surface area contributed by atoms with E-state index in [-0.39, 0.29) is 0 Å². The van der Waals surface area contributed by atoms with Gasteiger partial charge in [-0.3, -0.25) is 4.98 Å². The van der Waals surface area contributed by atoms with Crippen LogP contribution in [0.2, 0.25) is 0 Å². The molecule has 2 N–H and O–H groups in total. The van der Waals surface area contributed by atoms with Crippen LogP contribution in [0.4, 0.5) is 5.82 Å². The molecule has 0 saturated heterocycles. The molecular weight excluding hydrogens is 322 g/mol. The van der Waals surface area contributed by atoms with Gasteiger partial charge in [0.05, 0.1) is 11.6 Å². The van der Waals surface area contributed by atoms with Crippen molar-refractivity contribution in [3.63, 3.8) is 0 Å². The molecule has 4 heterocycles. The maximum Gasteiger partial charge on any atom is 0.264 e. The normalized spacial score (nSPS) is 12.5. The summed E-state index contributed by atoms with van der Waals surface area (Å²) >= 11 is 1.62. The molecule has 4 aromatic rings. The van der Waals surface area contributed by atoms with Crippen LogP contribution in [-0.4, -0.2) is 19.9 Å². The third-order valence-electron chi connectivity index (χ3n) is 3.79. The second kappa shape index (κ2) is 6.01. The highest BCUT2D eigenvalue weighted by Crippen LogP contribution is 2.34. The van der Waals surface area contributed by atoms with Crippen LogP contribution in [0.5, 0.6) is 0 Å². The first-order valence-corrected chi connectivity index (χ1v) is 8.39. The lowest BCUT2D eigenvalue weighted by atomic mass is 10.0. The third kappa shape index (κ3) is 2.74. The monoisotopic (exact) mass is 337 g/mol. The Bertz CT molecular complexity index is 965. The lowest BCUT2D eigenvalue weighted by molar-refractivity contribution is 0.569. The molecule has 0 aliphatic carbocycles. The van der Waals surface area contributed by atoms with E-state index < -0.39 is 0 Å². The number of aromatic nitrogens is 4. The highest BCUT2D eigenvalue weighted by Gasteiger charge is 2.16. The number of nitrogens with zero attached hydrogens (tertiary/aromatic N) is 4. The summed E-state index contributed by atoms with van der Waals surface area (Å²) in [6, 6.07) is 8.04. The van der Waals surface area contributed by atoms with Gasteiger partial charge in [-0.25, -0.2) is 15.0 Å². The predicted molar refractivity (Wildman–Crippen MR) is 93.7 cm³/mol. The maximum absolute atomic E-state index is 6.10. The van der Waals surface area contributed by atoms with Crippen molar-refractivity contribution in [2.24, 2.45) is 0 Å². The zero-order chi connectivity index (χ0) is 16.5. The summed E-state index contributed by atoms with van der Waals surface area (Å²) in [6.45, 7) is 2.18. The minimum atomic E-state index is 0.323. The number of nitrogen functional groups attached to an aromatic ring is 1. The Morgan fingerprint density at radius 1 is 1.21 bits per heavy atom. The first-order valence-electron chi connectivity index (χ1n) is 7.57. The van der Waals surface area contributed by atoms with Gasteiger partial charge in [0.15, 0.2) is 0 Å². The van der Waals surface area contributed by atoms with E-state index in [1.807, 2.05) is 24.4 Å². The van der Waals surface area contributed by atoms with Gasteiger partial charge in [-0.2, -0.15) is 0 Å². The van der Waals surface area contributed by atoms with E-state index in [4.69, 9.17) is 10.2 Å². The Morgan fingerprint density at radius 3 is 2.88 bits per heavy atom. The fourth-order valence-corrected chi connectivity index (χ4v) is 3.66. The van der Waals surface area contributed by atoms with Gasteiger partial charge in [0.2, 0.25) is 5.82 Å². The van der Waals surface area contributed by atoms with Crippen LogP contribution in [0.3, 0.4) is 0 Å². The predicted octanol–water partition coefficient (Wildman–Crippen LogP) is 3.67. The molecule has 24 heavy (non-hydrogen) atoms. The van der Waals surface area contributed by atoms with Crippen molar-refractivity contribution >= 4 is 27.4 Å². The first kappa shape index (κ1) is 14.8. The summed E-state index contributed by atoms with van der Waals surface area (Å²) in [5, 5.41) is 0.873. The number of hydrogen-bond donors (Lipinski definition) is 1. The number of oxazole rings is 1.